The summed E-state index contributed by atoms with van der Waals surface area (Å²) in [6.07, 6.45) is 4.68. The first-order valence-electron chi connectivity index (χ1n) is 4.20. The second-order valence-electron chi connectivity index (χ2n) is 2.88. The molecule has 0 atom stereocenters. The zero-order valence-electron chi connectivity index (χ0n) is 7.51. The van der Waals surface area contributed by atoms with E-state index in [1.807, 2.05) is 18.2 Å². The van der Waals surface area contributed by atoms with Gasteiger partial charge in [0.25, 0.3) is 0 Å². The maximum Gasteiger partial charge on any atom is 0.0893 e. The molecule has 70 valence electrons. The molecule has 0 spiro atoms. The molecular formula is C10H10N4. The predicted molar refractivity (Wildman–Crippen MR) is 55.9 cm³/mol. The standard InChI is InChI=1S/C10H10N4/c11-6-8(12)7-1-2-9-10(5-7)14-4-3-13-9/h1-6H,11-12H2/b8-6-. The average molecular weight is 186 g/mol. The lowest BCUT2D eigenvalue weighted by Crippen LogP contribution is -1.99. The smallest absolute Gasteiger partial charge is 0.0893 e. The van der Waals surface area contributed by atoms with E-state index in [2.05, 4.69) is 9.97 Å². The molecule has 0 radical (unpaired) electrons. The number of hydrogen-bond acceptors (Lipinski definition) is 4. The SMILES string of the molecule is N/C=C(\N)c1ccc2nccnc2c1. The van der Waals surface area contributed by atoms with Crippen molar-refractivity contribution in [1.82, 2.24) is 9.97 Å². The van der Waals surface area contributed by atoms with Crippen molar-refractivity contribution >= 4 is 16.7 Å². The summed E-state index contributed by atoms with van der Waals surface area (Å²) in [4.78, 5) is 8.33. The molecule has 4 heteroatoms. The number of rotatable bonds is 1. The summed E-state index contributed by atoms with van der Waals surface area (Å²) in [6.45, 7) is 0. The van der Waals surface area contributed by atoms with E-state index in [1.54, 1.807) is 12.4 Å². The van der Waals surface area contributed by atoms with Crippen LogP contribution in [0, 0.1) is 0 Å². The van der Waals surface area contributed by atoms with Crippen molar-refractivity contribution in [1.29, 1.82) is 0 Å². The Morgan fingerprint density at radius 1 is 1.14 bits per heavy atom. The molecule has 0 unspecified atom stereocenters. The molecule has 0 saturated heterocycles. The molecule has 4 N–H and O–H groups in total. The number of nitrogens with two attached hydrogens (primary N) is 2. The Bertz CT molecular complexity index is 490. The molecule has 0 aliphatic rings. The number of nitrogens with zero attached hydrogens (tertiary/aromatic N) is 2. The lowest BCUT2D eigenvalue weighted by atomic mass is 10.1. The van der Waals surface area contributed by atoms with Crippen LogP contribution >= 0.6 is 0 Å². The van der Waals surface area contributed by atoms with E-state index < -0.39 is 0 Å². The van der Waals surface area contributed by atoms with E-state index in [0.717, 1.165) is 16.6 Å². The first-order chi connectivity index (χ1) is 6.81. The monoisotopic (exact) mass is 186 g/mol. The number of benzene rings is 1. The van der Waals surface area contributed by atoms with Gasteiger partial charge in [-0.15, -0.1) is 0 Å². The molecule has 0 fully saturated rings. The van der Waals surface area contributed by atoms with Crippen molar-refractivity contribution in [3.05, 3.63) is 42.4 Å². The van der Waals surface area contributed by atoms with E-state index in [-0.39, 0.29) is 0 Å². The van der Waals surface area contributed by atoms with Crippen LogP contribution in [0.5, 0.6) is 0 Å². The van der Waals surface area contributed by atoms with Crippen molar-refractivity contribution < 1.29 is 0 Å². The summed E-state index contributed by atoms with van der Waals surface area (Å²) >= 11 is 0. The van der Waals surface area contributed by atoms with Gasteiger partial charge < -0.3 is 11.5 Å². The van der Waals surface area contributed by atoms with Crippen LogP contribution in [-0.4, -0.2) is 9.97 Å². The quantitative estimate of drug-likeness (QED) is 0.692. The summed E-state index contributed by atoms with van der Waals surface area (Å²) in [5.41, 5.74) is 14.1. The van der Waals surface area contributed by atoms with E-state index in [1.165, 1.54) is 6.20 Å². The lowest BCUT2D eigenvalue weighted by Gasteiger charge is -2.01. The normalized spacial score (nSPS) is 11.9. The minimum atomic E-state index is 0.539. The van der Waals surface area contributed by atoms with Gasteiger partial charge in [0.05, 0.1) is 16.7 Å². The van der Waals surface area contributed by atoms with Crippen LogP contribution in [0.15, 0.2) is 36.8 Å². The predicted octanol–water partition coefficient (Wildman–Crippen LogP) is 0.846. The molecule has 0 amide bonds. The second-order valence-corrected chi connectivity index (χ2v) is 2.88. The molecular weight excluding hydrogens is 176 g/mol. The first-order valence-corrected chi connectivity index (χ1v) is 4.20. The molecule has 4 nitrogen and oxygen atoms in total. The zero-order chi connectivity index (χ0) is 9.97. The highest BCUT2D eigenvalue weighted by atomic mass is 14.8. The fraction of sp³-hybridized carbons (Fsp3) is 0. The molecule has 1 aromatic heterocycles. The molecule has 14 heavy (non-hydrogen) atoms. The Morgan fingerprint density at radius 2 is 1.86 bits per heavy atom. The molecule has 2 aromatic rings. The van der Waals surface area contributed by atoms with Crippen molar-refractivity contribution in [2.45, 2.75) is 0 Å². The summed E-state index contributed by atoms with van der Waals surface area (Å²) in [6, 6.07) is 5.60. The van der Waals surface area contributed by atoms with Crippen LogP contribution in [-0.2, 0) is 0 Å². The van der Waals surface area contributed by atoms with Gasteiger partial charge in [0.15, 0.2) is 0 Å². The van der Waals surface area contributed by atoms with Gasteiger partial charge in [0, 0.05) is 24.2 Å². The number of hydrogen-bond donors (Lipinski definition) is 2. The Hall–Kier alpha value is -2.10. The van der Waals surface area contributed by atoms with Gasteiger partial charge in [0.1, 0.15) is 0 Å². The number of aromatic nitrogens is 2. The molecule has 1 heterocycles. The Labute approximate surface area is 81.3 Å². The third-order valence-electron chi connectivity index (χ3n) is 1.98. The van der Waals surface area contributed by atoms with Gasteiger partial charge in [-0.2, -0.15) is 0 Å². The highest BCUT2D eigenvalue weighted by Crippen LogP contribution is 2.14. The zero-order valence-corrected chi connectivity index (χ0v) is 7.51. The fourth-order valence-corrected chi connectivity index (χ4v) is 1.24. The minimum Gasteiger partial charge on any atom is -0.403 e. The molecule has 1 aromatic carbocycles. The number of fused-ring (bicyclic) bond motifs is 1. The second kappa shape index (κ2) is 3.33. The summed E-state index contributed by atoms with van der Waals surface area (Å²) in [7, 11) is 0. The van der Waals surface area contributed by atoms with E-state index >= 15 is 0 Å². The Balaban J connectivity index is 2.62. The lowest BCUT2D eigenvalue weighted by molar-refractivity contribution is 1.29. The van der Waals surface area contributed by atoms with Crippen LogP contribution < -0.4 is 11.5 Å². The van der Waals surface area contributed by atoms with Crippen LogP contribution in [0.4, 0.5) is 0 Å². The van der Waals surface area contributed by atoms with Gasteiger partial charge in [-0.05, 0) is 12.1 Å². The molecule has 0 aliphatic heterocycles. The van der Waals surface area contributed by atoms with Gasteiger partial charge in [0.2, 0.25) is 0 Å². The van der Waals surface area contributed by atoms with Crippen LogP contribution in [0.25, 0.3) is 16.7 Å². The third-order valence-corrected chi connectivity index (χ3v) is 1.98. The Kier molecular flexibility index (Phi) is 2.02. The van der Waals surface area contributed by atoms with Gasteiger partial charge in [-0.1, -0.05) is 6.07 Å². The van der Waals surface area contributed by atoms with Crippen molar-refractivity contribution in [3.8, 4) is 0 Å². The average Bonchev–Trinajstić information content (AvgIpc) is 2.27. The third kappa shape index (κ3) is 1.37. The highest BCUT2D eigenvalue weighted by molar-refractivity contribution is 5.79. The van der Waals surface area contributed by atoms with Crippen LogP contribution in [0.1, 0.15) is 5.56 Å². The van der Waals surface area contributed by atoms with Crippen molar-refractivity contribution in [3.63, 3.8) is 0 Å². The van der Waals surface area contributed by atoms with Crippen LogP contribution in [0.2, 0.25) is 0 Å². The van der Waals surface area contributed by atoms with Gasteiger partial charge >= 0.3 is 0 Å². The van der Waals surface area contributed by atoms with Crippen molar-refractivity contribution in [2.24, 2.45) is 11.5 Å². The fourth-order valence-electron chi connectivity index (χ4n) is 1.24. The maximum absolute atomic E-state index is 5.67. The van der Waals surface area contributed by atoms with E-state index in [4.69, 9.17) is 11.5 Å². The summed E-state index contributed by atoms with van der Waals surface area (Å²) in [5, 5.41) is 0. The topological polar surface area (TPSA) is 77.8 Å². The minimum absolute atomic E-state index is 0.539. The largest absolute Gasteiger partial charge is 0.403 e. The summed E-state index contributed by atoms with van der Waals surface area (Å²) < 4.78 is 0. The van der Waals surface area contributed by atoms with Crippen molar-refractivity contribution in [2.75, 3.05) is 0 Å². The Morgan fingerprint density at radius 3 is 2.57 bits per heavy atom. The molecule has 0 saturated carbocycles. The van der Waals surface area contributed by atoms with E-state index in [9.17, 15) is 0 Å². The van der Waals surface area contributed by atoms with Crippen LogP contribution in [0.3, 0.4) is 0 Å². The van der Waals surface area contributed by atoms with Gasteiger partial charge in [-0.25, -0.2) is 0 Å². The maximum atomic E-state index is 5.67. The first kappa shape index (κ1) is 8.50. The van der Waals surface area contributed by atoms with Gasteiger partial charge in [-0.3, -0.25) is 9.97 Å². The highest BCUT2D eigenvalue weighted by Gasteiger charge is 1.99. The molecule has 0 aliphatic carbocycles. The molecule has 0 bridgehead atoms. The molecule has 2 rings (SSSR count). The van der Waals surface area contributed by atoms with E-state index in [0.29, 0.717) is 5.70 Å². The summed E-state index contributed by atoms with van der Waals surface area (Å²) in [5.74, 6) is 0.